The lowest BCUT2D eigenvalue weighted by Crippen LogP contribution is -2.30. The van der Waals surface area contributed by atoms with Crippen LogP contribution in [-0.2, 0) is 12.7 Å². The van der Waals surface area contributed by atoms with Crippen LogP contribution in [0, 0.1) is 6.92 Å². The summed E-state index contributed by atoms with van der Waals surface area (Å²) < 4.78 is 45.3. The number of nitrogens with zero attached hydrogens (tertiary/aromatic N) is 3. The molecule has 0 aliphatic carbocycles. The summed E-state index contributed by atoms with van der Waals surface area (Å²) in [6.07, 6.45) is -0.577. The predicted molar refractivity (Wildman–Crippen MR) is 104 cm³/mol. The van der Waals surface area contributed by atoms with E-state index in [-0.39, 0.29) is 16.9 Å². The number of thiocarbonyl (C=S) groups is 1. The molecule has 0 bridgehead atoms. The number of furan rings is 1. The highest BCUT2D eigenvalue weighted by molar-refractivity contribution is 7.80. The third kappa shape index (κ3) is 5.57. The zero-order chi connectivity index (χ0) is 20.1. The second-order valence-electron chi connectivity index (χ2n) is 6.65. The van der Waals surface area contributed by atoms with Gasteiger partial charge in [-0.25, -0.2) is 4.98 Å². The molecule has 3 heterocycles. The average molecular weight is 413 g/mol. The van der Waals surface area contributed by atoms with Gasteiger partial charge in [-0.05, 0) is 44.1 Å². The first-order valence-electron chi connectivity index (χ1n) is 9.12. The van der Waals surface area contributed by atoms with E-state index in [1.807, 2.05) is 17.9 Å². The molecule has 28 heavy (non-hydrogen) atoms. The van der Waals surface area contributed by atoms with Crippen molar-refractivity contribution in [2.45, 2.75) is 45.3 Å². The molecule has 1 saturated heterocycles. The Labute approximate surface area is 166 Å². The standard InChI is InChI=1S/C18H22F3N5OS/c1-12-6-7-13(27-12)11-22-17(28)25-16-23-14(18(19,20)21)10-15(24-16)26-8-4-2-3-5-9-26/h6-7,10H,2-5,8-9,11H2,1H3,(H2,22,23,24,25,28). The average Bonchev–Trinajstić information content (AvgIpc) is 2.88. The smallest absolute Gasteiger partial charge is 0.433 e. The van der Waals surface area contributed by atoms with Gasteiger partial charge in [0.05, 0.1) is 6.54 Å². The van der Waals surface area contributed by atoms with Gasteiger partial charge in [0.25, 0.3) is 0 Å². The Kier molecular flexibility index (Phi) is 6.38. The Morgan fingerprint density at radius 3 is 2.50 bits per heavy atom. The van der Waals surface area contributed by atoms with Crippen LogP contribution >= 0.6 is 12.2 Å². The van der Waals surface area contributed by atoms with Crippen molar-refractivity contribution in [1.82, 2.24) is 15.3 Å². The maximum absolute atomic E-state index is 13.3. The molecule has 0 saturated carbocycles. The van der Waals surface area contributed by atoms with Gasteiger partial charge in [0.2, 0.25) is 5.95 Å². The number of anilines is 2. The van der Waals surface area contributed by atoms with Gasteiger partial charge < -0.3 is 20.0 Å². The molecule has 2 N–H and O–H groups in total. The molecule has 1 aliphatic rings. The topological polar surface area (TPSA) is 66.2 Å². The maximum Gasteiger partial charge on any atom is 0.433 e. The summed E-state index contributed by atoms with van der Waals surface area (Å²) in [6.45, 7) is 3.47. The highest BCUT2D eigenvalue weighted by atomic mass is 32.1. The van der Waals surface area contributed by atoms with E-state index in [0.717, 1.165) is 37.5 Å². The highest BCUT2D eigenvalue weighted by Crippen LogP contribution is 2.31. The number of rotatable bonds is 4. The van der Waals surface area contributed by atoms with Gasteiger partial charge in [-0.15, -0.1) is 0 Å². The minimum Gasteiger partial charge on any atom is -0.465 e. The monoisotopic (exact) mass is 413 g/mol. The zero-order valence-electron chi connectivity index (χ0n) is 15.5. The van der Waals surface area contributed by atoms with Crippen LogP contribution in [0.2, 0.25) is 0 Å². The molecule has 6 nitrogen and oxygen atoms in total. The van der Waals surface area contributed by atoms with Crippen LogP contribution in [0.1, 0.15) is 42.9 Å². The number of halogens is 3. The van der Waals surface area contributed by atoms with Gasteiger partial charge in [0, 0.05) is 19.2 Å². The molecule has 1 fully saturated rings. The third-order valence-electron chi connectivity index (χ3n) is 4.38. The predicted octanol–water partition coefficient (Wildman–Crippen LogP) is 4.26. The van der Waals surface area contributed by atoms with Gasteiger partial charge in [-0.3, -0.25) is 0 Å². The number of hydrogen-bond acceptors (Lipinski definition) is 5. The van der Waals surface area contributed by atoms with Gasteiger partial charge in [-0.2, -0.15) is 18.2 Å². The Balaban J connectivity index is 1.74. The van der Waals surface area contributed by atoms with Gasteiger partial charge in [0.15, 0.2) is 10.8 Å². The summed E-state index contributed by atoms with van der Waals surface area (Å²) in [5.41, 5.74) is -0.992. The number of aryl methyl sites for hydroxylation is 1. The first-order valence-corrected chi connectivity index (χ1v) is 9.53. The third-order valence-corrected chi connectivity index (χ3v) is 4.62. The molecule has 0 atom stereocenters. The summed E-state index contributed by atoms with van der Waals surface area (Å²) in [6, 6.07) is 4.61. The lowest BCUT2D eigenvalue weighted by molar-refractivity contribution is -0.141. The van der Waals surface area contributed by atoms with Crippen molar-refractivity contribution in [2.75, 3.05) is 23.3 Å². The SMILES string of the molecule is Cc1ccc(CNC(=S)Nc2nc(N3CCCCCC3)cc(C(F)(F)F)n2)o1. The fourth-order valence-corrected chi connectivity index (χ4v) is 3.15. The molecule has 3 rings (SSSR count). The molecule has 2 aromatic heterocycles. The first-order chi connectivity index (χ1) is 13.3. The minimum absolute atomic E-state index is 0.121. The summed E-state index contributed by atoms with van der Waals surface area (Å²) in [5.74, 6) is 1.51. The van der Waals surface area contributed by atoms with Crippen molar-refractivity contribution in [2.24, 2.45) is 0 Å². The van der Waals surface area contributed by atoms with Crippen LogP contribution in [0.3, 0.4) is 0 Å². The van der Waals surface area contributed by atoms with Crippen LogP contribution in [-0.4, -0.2) is 28.2 Å². The van der Waals surface area contributed by atoms with Crippen molar-refractivity contribution < 1.29 is 17.6 Å². The summed E-state index contributed by atoms with van der Waals surface area (Å²) >= 11 is 5.16. The number of aromatic nitrogens is 2. The van der Waals surface area contributed by atoms with E-state index >= 15 is 0 Å². The molecule has 0 amide bonds. The molecule has 0 aromatic carbocycles. The van der Waals surface area contributed by atoms with E-state index in [9.17, 15) is 13.2 Å². The van der Waals surface area contributed by atoms with E-state index < -0.39 is 11.9 Å². The second kappa shape index (κ2) is 8.76. The quantitative estimate of drug-likeness (QED) is 0.726. The second-order valence-corrected chi connectivity index (χ2v) is 7.06. The van der Waals surface area contributed by atoms with Gasteiger partial charge >= 0.3 is 6.18 Å². The Bertz CT molecular complexity index is 816. The molecule has 10 heteroatoms. The normalized spacial score (nSPS) is 15.2. The Morgan fingerprint density at radius 1 is 1.18 bits per heavy atom. The van der Waals surface area contributed by atoms with Crippen molar-refractivity contribution in [1.29, 1.82) is 0 Å². The maximum atomic E-state index is 13.3. The van der Waals surface area contributed by atoms with Gasteiger partial charge in [0.1, 0.15) is 17.3 Å². The van der Waals surface area contributed by atoms with Crippen LogP contribution < -0.4 is 15.5 Å². The van der Waals surface area contributed by atoms with Crippen molar-refractivity contribution in [3.8, 4) is 0 Å². The largest absolute Gasteiger partial charge is 0.465 e. The summed E-state index contributed by atoms with van der Waals surface area (Å²) in [4.78, 5) is 9.73. The lowest BCUT2D eigenvalue weighted by atomic mass is 10.2. The molecule has 0 radical (unpaired) electrons. The molecule has 0 spiro atoms. The lowest BCUT2D eigenvalue weighted by Gasteiger charge is -2.23. The first kappa shape index (κ1) is 20.4. The Morgan fingerprint density at radius 2 is 1.89 bits per heavy atom. The van der Waals surface area contributed by atoms with E-state index in [0.29, 0.717) is 25.4 Å². The molecule has 152 valence electrons. The van der Waals surface area contributed by atoms with Crippen LogP contribution in [0.25, 0.3) is 0 Å². The molecule has 1 aliphatic heterocycles. The zero-order valence-corrected chi connectivity index (χ0v) is 16.3. The van der Waals surface area contributed by atoms with E-state index in [1.165, 1.54) is 0 Å². The highest BCUT2D eigenvalue weighted by Gasteiger charge is 2.34. The molecular formula is C18H22F3N5OS. The molecule has 2 aromatic rings. The molecular weight excluding hydrogens is 391 g/mol. The van der Waals surface area contributed by atoms with E-state index in [1.54, 1.807) is 6.07 Å². The fraction of sp³-hybridized carbons (Fsp3) is 0.500. The van der Waals surface area contributed by atoms with Crippen LogP contribution in [0.15, 0.2) is 22.6 Å². The summed E-state index contributed by atoms with van der Waals surface area (Å²) in [5, 5.41) is 5.66. The van der Waals surface area contributed by atoms with Crippen molar-refractivity contribution in [3.05, 3.63) is 35.4 Å². The van der Waals surface area contributed by atoms with Crippen LogP contribution in [0.5, 0.6) is 0 Å². The fourth-order valence-electron chi connectivity index (χ4n) is 2.99. The number of alkyl halides is 3. The van der Waals surface area contributed by atoms with E-state index in [2.05, 4.69) is 20.6 Å². The molecule has 0 unspecified atom stereocenters. The van der Waals surface area contributed by atoms with E-state index in [4.69, 9.17) is 16.6 Å². The Hall–Kier alpha value is -2.36. The van der Waals surface area contributed by atoms with Crippen molar-refractivity contribution in [3.63, 3.8) is 0 Å². The van der Waals surface area contributed by atoms with Gasteiger partial charge in [-0.1, -0.05) is 12.8 Å². The van der Waals surface area contributed by atoms with Crippen LogP contribution in [0.4, 0.5) is 24.9 Å². The minimum atomic E-state index is -4.57. The number of hydrogen-bond donors (Lipinski definition) is 2. The summed E-state index contributed by atoms with van der Waals surface area (Å²) in [7, 11) is 0. The van der Waals surface area contributed by atoms with Crippen molar-refractivity contribution >= 4 is 29.1 Å². The number of nitrogens with one attached hydrogen (secondary N) is 2.